The van der Waals surface area contributed by atoms with Gasteiger partial charge in [0.25, 0.3) is 0 Å². The highest BCUT2D eigenvalue weighted by molar-refractivity contribution is 5.32. The van der Waals surface area contributed by atoms with Gasteiger partial charge in [-0.05, 0) is 26.0 Å². The number of benzene rings is 1. The minimum absolute atomic E-state index is 0.145. The van der Waals surface area contributed by atoms with E-state index in [2.05, 4.69) is 5.10 Å². The van der Waals surface area contributed by atoms with E-state index in [-0.39, 0.29) is 5.69 Å². The van der Waals surface area contributed by atoms with Crippen LogP contribution < -0.4 is 5.69 Å². The van der Waals surface area contributed by atoms with E-state index in [1.807, 2.05) is 0 Å². The molecule has 0 aliphatic carbocycles. The highest BCUT2D eigenvalue weighted by Gasteiger charge is 2.39. The van der Waals surface area contributed by atoms with Crippen molar-refractivity contribution >= 4 is 0 Å². The fraction of sp³-hybridized carbons (Fsp3) is 0.333. The molecule has 0 unspecified atom stereocenters. The zero-order chi connectivity index (χ0) is 14.2. The molecule has 0 saturated heterocycles. The Bertz CT molecular complexity index is 626. The number of hydrogen-bond acceptors (Lipinski definition) is 2. The van der Waals surface area contributed by atoms with Crippen LogP contribution in [-0.4, -0.2) is 14.3 Å². The predicted molar refractivity (Wildman–Crippen MR) is 63.2 cm³/mol. The van der Waals surface area contributed by atoms with Crippen LogP contribution in [0.5, 0.6) is 0 Å². The molecule has 19 heavy (non-hydrogen) atoms. The number of rotatable bonds is 2. The number of aromatic nitrogens is 3. The van der Waals surface area contributed by atoms with E-state index < -0.39 is 23.7 Å². The first-order valence-electron chi connectivity index (χ1n) is 5.66. The van der Waals surface area contributed by atoms with Gasteiger partial charge in [0.15, 0.2) is 0 Å². The molecule has 102 valence electrons. The van der Waals surface area contributed by atoms with Crippen molar-refractivity contribution in [3.05, 3.63) is 46.6 Å². The van der Waals surface area contributed by atoms with Crippen molar-refractivity contribution in [1.29, 1.82) is 0 Å². The van der Waals surface area contributed by atoms with Crippen LogP contribution in [0.25, 0.3) is 5.69 Å². The molecule has 7 heteroatoms. The molecule has 0 spiro atoms. The van der Waals surface area contributed by atoms with Gasteiger partial charge in [-0.15, -0.1) is 5.10 Å². The first-order chi connectivity index (χ1) is 8.82. The average Bonchev–Trinajstić information content (AvgIpc) is 2.68. The van der Waals surface area contributed by atoms with Crippen LogP contribution in [-0.2, 0) is 6.18 Å². The topological polar surface area (TPSA) is 39.8 Å². The third-order valence-electron chi connectivity index (χ3n) is 2.56. The van der Waals surface area contributed by atoms with E-state index in [1.165, 1.54) is 12.1 Å². The molecular weight excluding hydrogens is 259 g/mol. The number of para-hydroxylation sites is 1. The average molecular weight is 271 g/mol. The summed E-state index contributed by atoms with van der Waals surface area (Å²) in [6, 6.07) is 7.21. The Kier molecular flexibility index (Phi) is 3.21. The molecule has 0 bridgehead atoms. The highest BCUT2D eigenvalue weighted by atomic mass is 19.4. The summed E-state index contributed by atoms with van der Waals surface area (Å²) in [7, 11) is 0. The van der Waals surface area contributed by atoms with E-state index in [0.29, 0.717) is 4.57 Å². The second-order valence-corrected chi connectivity index (χ2v) is 4.31. The fourth-order valence-corrected chi connectivity index (χ4v) is 1.71. The van der Waals surface area contributed by atoms with Gasteiger partial charge in [0.1, 0.15) is 0 Å². The quantitative estimate of drug-likeness (QED) is 0.842. The summed E-state index contributed by atoms with van der Waals surface area (Å²) < 4.78 is 40.3. The van der Waals surface area contributed by atoms with Gasteiger partial charge >= 0.3 is 11.9 Å². The van der Waals surface area contributed by atoms with Gasteiger partial charge < -0.3 is 0 Å². The van der Waals surface area contributed by atoms with Crippen LogP contribution in [0.2, 0.25) is 0 Å². The second kappa shape index (κ2) is 4.56. The molecular formula is C12H12F3N3O. The minimum Gasteiger partial charge on any atom is -0.246 e. The van der Waals surface area contributed by atoms with Crippen LogP contribution >= 0.6 is 0 Å². The van der Waals surface area contributed by atoms with Crippen LogP contribution in [0.1, 0.15) is 25.7 Å². The maximum Gasteiger partial charge on any atom is 0.452 e. The summed E-state index contributed by atoms with van der Waals surface area (Å²) >= 11 is 0. The minimum atomic E-state index is -4.69. The molecule has 2 aromatic rings. The standard InChI is InChI=1S/C12H12F3N3O/c1-8(2)18-11(19)17(9-6-4-3-5-7-9)10(16-18)12(13,14)15/h3-8H,1-2H3. The largest absolute Gasteiger partial charge is 0.452 e. The van der Waals surface area contributed by atoms with Crippen molar-refractivity contribution < 1.29 is 13.2 Å². The highest BCUT2D eigenvalue weighted by Crippen LogP contribution is 2.28. The third kappa shape index (κ3) is 2.40. The lowest BCUT2D eigenvalue weighted by Crippen LogP contribution is -2.26. The van der Waals surface area contributed by atoms with Crippen molar-refractivity contribution in [3.8, 4) is 5.69 Å². The van der Waals surface area contributed by atoms with Gasteiger partial charge in [0, 0.05) is 0 Å². The molecule has 0 aliphatic heterocycles. The maximum absolute atomic E-state index is 13.0. The van der Waals surface area contributed by atoms with E-state index in [0.717, 1.165) is 4.68 Å². The molecule has 2 rings (SSSR count). The summed E-state index contributed by atoms with van der Waals surface area (Å²) in [6.07, 6.45) is -4.69. The van der Waals surface area contributed by atoms with Gasteiger partial charge in [-0.25, -0.2) is 14.0 Å². The molecule has 0 amide bonds. The monoisotopic (exact) mass is 271 g/mol. The van der Waals surface area contributed by atoms with Crippen LogP contribution in [0.3, 0.4) is 0 Å². The first kappa shape index (κ1) is 13.4. The second-order valence-electron chi connectivity index (χ2n) is 4.31. The molecule has 0 saturated carbocycles. The molecule has 0 atom stereocenters. The maximum atomic E-state index is 13.0. The van der Waals surface area contributed by atoms with Crippen LogP contribution in [0, 0.1) is 0 Å². The smallest absolute Gasteiger partial charge is 0.246 e. The van der Waals surface area contributed by atoms with Crippen molar-refractivity contribution in [1.82, 2.24) is 14.3 Å². The van der Waals surface area contributed by atoms with Crippen molar-refractivity contribution in [2.24, 2.45) is 0 Å². The van der Waals surface area contributed by atoms with Crippen LogP contribution in [0.15, 0.2) is 35.1 Å². The number of alkyl halides is 3. The number of nitrogens with zero attached hydrogens (tertiary/aromatic N) is 3. The lowest BCUT2D eigenvalue weighted by Gasteiger charge is -2.07. The van der Waals surface area contributed by atoms with Gasteiger partial charge in [-0.1, -0.05) is 18.2 Å². The summed E-state index contributed by atoms with van der Waals surface area (Å²) in [5.41, 5.74) is -0.653. The lowest BCUT2D eigenvalue weighted by atomic mass is 10.3. The van der Waals surface area contributed by atoms with Gasteiger partial charge in [-0.2, -0.15) is 13.2 Å². The van der Waals surface area contributed by atoms with Gasteiger partial charge in [-0.3, -0.25) is 0 Å². The summed E-state index contributed by atoms with van der Waals surface area (Å²) in [4.78, 5) is 12.0. The van der Waals surface area contributed by atoms with E-state index in [1.54, 1.807) is 32.0 Å². The Morgan fingerprint density at radius 1 is 1.16 bits per heavy atom. The Hall–Kier alpha value is -2.05. The molecule has 0 fully saturated rings. The summed E-state index contributed by atoms with van der Waals surface area (Å²) in [5.74, 6) is -1.21. The molecule has 4 nitrogen and oxygen atoms in total. The molecule has 0 aliphatic rings. The Balaban J connectivity index is 2.75. The third-order valence-corrected chi connectivity index (χ3v) is 2.56. The number of halogens is 3. The van der Waals surface area contributed by atoms with E-state index in [9.17, 15) is 18.0 Å². The zero-order valence-electron chi connectivity index (χ0n) is 10.3. The molecule has 1 aromatic carbocycles. The fourth-order valence-electron chi connectivity index (χ4n) is 1.71. The van der Waals surface area contributed by atoms with Crippen molar-refractivity contribution in [2.45, 2.75) is 26.1 Å². The zero-order valence-corrected chi connectivity index (χ0v) is 10.3. The summed E-state index contributed by atoms with van der Waals surface area (Å²) in [5, 5.41) is 3.40. The SMILES string of the molecule is CC(C)n1nc(C(F)(F)F)n(-c2ccccc2)c1=O. The van der Waals surface area contributed by atoms with Crippen LogP contribution in [0.4, 0.5) is 13.2 Å². The molecule has 0 N–H and O–H groups in total. The lowest BCUT2D eigenvalue weighted by molar-refractivity contribution is -0.146. The Morgan fingerprint density at radius 2 is 1.74 bits per heavy atom. The normalized spacial score (nSPS) is 12.1. The Labute approximate surface area is 107 Å². The summed E-state index contributed by atoms with van der Waals surface area (Å²) in [6.45, 7) is 3.20. The van der Waals surface area contributed by atoms with Gasteiger partial charge in [0.2, 0.25) is 5.82 Å². The first-order valence-corrected chi connectivity index (χ1v) is 5.66. The van der Waals surface area contributed by atoms with E-state index in [4.69, 9.17) is 0 Å². The Morgan fingerprint density at radius 3 is 2.21 bits per heavy atom. The predicted octanol–water partition coefficient (Wildman–Crippen LogP) is 2.63. The van der Waals surface area contributed by atoms with Gasteiger partial charge in [0.05, 0.1) is 11.7 Å². The van der Waals surface area contributed by atoms with Crippen molar-refractivity contribution in [2.75, 3.05) is 0 Å². The molecule has 1 aromatic heterocycles. The molecule has 0 radical (unpaired) electrons. The van der Waals surface area contributed by atoms with E-state index >= 15 is 0 Å². The number of hydrogen-bond donors (Lipinski definition) is 0. The molecule has 1 heterocycles. The van der Waals surface area contributed by atoms with Crippen molar-refractivity contribution in [3.63, 3.8) is 0 Å².